The largest absolute Gasteiger partial charge is 0.511 e. The second kappa shape index (κ2) is 9.18. The van der Waals surface area contributed by atoms with Crippen molar-refractivity contribution in [1.29, 1.82) is 10.5 Å². The highest BCUT2D eigenvalue weighted by atomic mass is 16.5. The number of hydrogen-bond acceptors (Lipinski definition) is 7. The molecule has 7 nitrogen and oxygen atoms in total. The third-order valence-electron chi connectivity index (χ3n) is 6.22. The molecule has 7 heteroatoms. The minimum atomic E-state index is -1.93. The second-order valence-corrected chi connectivity index (χ2v) is 8.12. The summed E-state index contributed by atoms with van der Waals surface area (Å²) in [7, 11) is 2.28. The maximum Gasteiger partial charge on any atom is 0.337 e. The fraction of sp³-hybridized carbons (Fsp3) is 0.308. The quantitative estimate of drug-likeness (QED) is 0.708. The van der Waals surface area contributed by atoms with Gasteiger partial charge in [-0.05, 0) is 25.0 Å². The molecular formula is C26H24N2O5. The monoisotopic (exact) mass is 444 g/mol. The number of ether oxygens (including phenoxy) is 2. The number of aliphatic hydroxyl groups is 1. The van der Waals surface area contributed by atoms with E-state index in [2.05, 4.69) is 12.1 Å². The number of methoxy groups -OCH3 is 2. The molecule has 0 radical (unpaired) electrons. The van der Waals surface area contributed by atoms with Crippen molar-refractivity contribution < 1.29 is 24.2 Å². The molecule has 0 saturated carbocycles. The van der Waals surface area contributed by atoms with E-state index in [1.165, 1.54) is 0 Å². The summed E-state index contributed by atoms with van der Waals surface area (Å²) in [5, 5.41) is 32.2. The van der Waals surface area contributed by atoms with Gasteiger partial charge in [-0.1, -0.05) is 59.7 Å². The van der Waals surface area contributed by atoms with Crippen molar-refractivity contribution >= 4 is 11.9 Å². The molecule has 0 unspecified atom stereocenters. The Morgan fingerprint density at radius 3 is 1.79 bits per heavy atom. The van der Waals surface area contributed by atoms with Gasteiger partial charge in [0, 0.05) is 5.92 Å². The maximum atomic E-state index is 12.9. The fourth-order valence-corrected chi connectivity index (χ4v) is 4.56. The van der Waals surface area contributed by atoms with Gasteiger partial charge < -0.3 is 14.6 Å². The lowest BCUT2D eigenvalue weighted by Gasteiger charge is -2.44. The van der Waals surface area contributed by atoms with Gasteiger partial charge in [0.1, 0.15) is 11.7 Å². The summed E-state index contributed by atoms with van der Waals surface area (Å²) in [6, 6.07) is 18.2. The molecule has 0 saturated heterocycles. The number of rotatable bonds is 4. The number of carbonyl (C=O) groups excluding carboxylic acids is 2. The van der Waals surface area contributed by atoms with Crippen LogP contribution in [-0.2, 0) is 19.1 Å². The number of aliphatic hydroxyl groups excluding tert-OH is 1. The first kappa shape index (κ1) is 23.6. The number of benzene rings is 2. The van der Waals surface area contributed by atoms with Crippen LogP contribution in [0.15, 0.2) is 59.9 Å². The first-order valence-electron chi connectivity index (χ1n) is 10.3. The van der Waals surface area contributed by atoms with Crippen molar-refractivity contribution in [3.63, 3.8) is 0 Å². The van der Waals surface area contributed by atoms with E-state index < -0.39 is 40.9 Å². The van der Waals surface area contributed by atoms with Gasteiger partial charge in [-0.25, -0.2) is 4.79 Å². The van der Waals surface area contributed by atoms with E-state index in [1.54, 1.807) is 48.5 Å². The van der Waals surface area contributed by atoms with Gasteiger partial charge in [0.05, 0.1) is 37.8 Å². The van der Waals surface area contributed by atoms with Crippen LogP contribution in [0.3, 0.4) is 0 Å². The Morgan fingerprint density at radius 1 is 0.879 bits per heavy atom. The molecule has 0 aromatic heterocycles. The van der Waals surface area contributed by atoms with E-state index in [0.29, 0.717) is 11.1 Å². The summed E-state index contributed by atoms with van der Waals surface area (Å²) < 4.78 is 9.84. The van der Waals surface area contributed by atoms with Crippen LogP contribution in [0.5, 0.6) is 0 Å². The third kappa shape index (κ3) is 3.83. The standard InChI is InChI=1S/C26H24N2O5/c1-15-5-9-17(10-6-15)21-19(24(30)32-3)23(29)20(25(31)33-4)22(26(21,13-27)14-28)18-11-7-16(2)8-12-18/h5-12,19,21-22,29H,1-4H3/t19-,21+,22+/m0/s1. The van der Waals surface area contributed by atoms with Gasteiger partial charge in [-0.15, -0.1) is 0 Å². The number of nitrogens with zero attached hydrogens (tertiary/aromatic N) is 2. The lowest BCUT2D eigenvalue weighted by atomic mass is 9.54. The highest BCUT2D eigenvalue weighted by Gasteiger charge is 2.61. The van der Waals surface area contributed by atoms with E-state index in [0.717, 1.165) is 25.3 Å². The summed E-state index contributed by atoms with van der Waals surface area (Å²) in [6.45, 7) is 3.76. The first-order valence-corrected chi connectivity index (χ1v) is 10.3. The molecule has 2 aromatic carbocycles. The molecule has 0 spiro atoms. The lowest BCUT2D eigenvalue weighted by molar-refractivity contribution is -0.147. The lowest BCUT2D eigenvalue weighted by Crippen LogP contribution is -2.47. The van der Waals surface area contributed by atoms with Crippen LogP contribution < -0.4 is 0 Å². The molecule has 3 atom stereocenters. The molecule has 1 N–H and O–H groups in total. The van der Waals surface area contributed by atoms with Crippen LogP contribution in [0.4, 0.5) is 0 Å². The van der Waals surface area contributed by atoms with Crippen LogP contribution >= 0.6 is 0 Å². The minimum Gasteiger partial charge on any atom is -0.511 e. The minimum absolute atomic E-state index is 0.303. The van der Waals surface area contributed by atoms with E-state index in [9.17, 15) is 25.2 Å². The number of aryl methyl sites for hydroxylation is 2. The van der Waals surface area contributed by atoms with Crippen LogP contribution in [0.25, 0.3) is 0 Å². The van der Waals surface area contributed by atoms with Crippen molar-refractivity contribution in [2.75, 3.05) is 14.2 Å². The molecule has 33 heavy (non-hydrogen) atoms. The number of nitriles is 2. The molecule has 3 rings (SSSR count). The molecule has 0 heterocycles. The molecule has 1 aliphatic rings. The average molecular weight is 444 g/mol. The Hall–Kier alpha value is -4.10. The first-order chi connectivity index (χ1) is 15.7. The van der Waals surface area contributed by atoms with Gasteiger partial charge >= 0.3 is 11.9 Å². The van der Waals surface area contributed by atoms with Gasteiger partial charge in [-0.3, -0.25) is 4.79 Å². The van der Waals surface area contributed by atoms with Crippen molar-refractivity contribution in [3.05, 3.63) is 82.1 Å². The van der Waals surface area contributed by atoms with Crippen LogP contribution in [0.2, 0.25) is 0 Å². The number of carbonyl (C=O) groups is 2. The Bertz CT molecular complexity index is 1170. The topological polar surface area (TPSA) is 120 Å². The second-order valence-electron chi connectivity index (χ2n) is 8.12. The van der Waals surface area contributed by atoms with Crippen LogP contribution in [0.1, 0.15) is 34.1 Å². The van der Waals surface area contributed by atoms with Crippen molar-refractivity contribution in [2.24, 2.45) is 11.3 Å². The van der Waals surface area contributed by atoms with Crippen molar-refractivity contribution in [2.45, 2.75) is 25.7 Å². The SMILES string of the molecule is COC(=O)C1=C(O)[C@@H](C(=O)OC)[C@@H](c2ccc(C)cc2)C(C#N)(C#N)[C@@H]1c1ccc(C)cc1. The van der Waals surface area contributed by atoms with Gasteiger partial charge in [0.2, 0.25) is 0 Å². The van der Waals surface area contributed by atoms with Gasteiger partial charge in [-0.2, -0.15) is 10.5 Å². The predicted molar refractivity (Wildman–Crippen MR) is 119 cm³/mol. The molecule has 168 valence electrons. The molecule has 1 aliphatic carbocycles. The van der Waals surface area contributed by atoms with E-state index in [1.807, 2.05) is 13.8 Å². The Kier molecular flexibility index (Phi) is 6.55. The van der Waals surface area contributed by atoms with E-state index in [-0.39, 0.29) is 5.57 Å². The summed E-state index contributed by atoms with van der Waals surface area (Å²) in [4.78, 5) is 25.8. The zero-order chi connectivity index (χ0) is 24.3. The molecule has 2 aromatic rings. The summed E-state index contributed by atoms with van der Waals surface area (Å²) in [5.74, 6) is -6.09. The smallest absolute Gasteiger partial charge is 0.337 e. The van der Waals surface area contributed by atoms with Crippen molar-refractivity contribution in [3.8, 4) is 12.1 Å². The van der Waals surface area contributed by atoms with Gasteiger partial charge in [0.15, 0.2) is 5.41 Å². The predicted octanol–water partition coefficient (Wildman–Crippen LogP) is 3.99. The van der Waals surface area contributed by atoms with Crippen molar-refractivity contribution in [1.82, 2.24) is 0 Å². The highest BCUT2D eigenvalue weighted by Crippen LogP contribution is 2.58. The highest BCUT2D eigenvalue weighted by molar-refractivity contribution is 5.94. The van der Waals surface area contributed by atoms with Gasteiger partial charge in [0.25, 0.3) is 0 Å². The molecule has 0 fully saturated rings. The summed E-state index contributed by atoms with van der Waals surface area (Å²) in [6.07, 6.45) is 0. The Morgan fingerprint density at radius 2 is 1.36 bits per heavy atom. The summed E-state index contributed by atoms with van der Waals surface area (Å²) in [5.41, 5.74) is 0.600. The molecule has 0 bridgehead atoms. The number of esters is 2. The average Bonchev–Trinajstić information content (AvgIpc) is 2.83. The zero-order valence-corrected chi connectivity index (χ0v) is 18.8. The Balaban J connectivity index is 2.47. The fourth-order valence-electron chi connectivity index (χ4n) is 4.56. The van der Waals surface area contributed by atoms with E-state index >= 15 is 0 Å². The number of hydrogen-bond donors (Lipinski definition) is 1. The van der Waals surface area contributed by atoms with E-state index in [4.69, 9.17) is 9.47 Å². The molecular weight excluding hydrogens is 420 g/mol. The normalized spacial score (nSPS) is 21.5. The summed E-state index contributed by atoms with van der Waals surface area (Å²) >= 11 is 0. The molecule has 0 amide bonds. The maximum absolute atomic E-state index is 12.9. The molecule has 0 aliphatic heterocycles. The Labute approximate surface area is 192 Å². The van der Waals surface area contributed by atoms with Crippen LogP contribution in [-0.4, -0.2) is 31.3 Å². The third-order valence-corrected chi connectivity index (χ3v) is 6.22. The van der Waals surface area contributed by atoms with Crippen LogP contribution in [0, 0.1) is 47.8 Å². The zero-order valence-electron chi connectivity index (χ0n) is 18.8.